The molecule has 72 valence electrons. The Labute approximate surface area is 91.7 Å². The summed E-state index contributed by atoms with van der Waals surface area (Å²) < 4.78 is 1.25. The van der Waals surface area contributed by atoms with Crippen molar-refractivity contribution in [1.29, 1.82) is 0 Å². The van der Waals surface area contributed by atoms with Crippen LogP contribution in [-0.4, -0.2) is 4.98 Å². The van der Waals surface area contributed by atoms with E-state index in [1.54, 1.807) is 11.3 Å². The van der Waals surface area contributed by atoms with E-state index in [0.717, 1.165) is 5.92 Å². The molecule has 0 atom stereocenters. The van der Waals surface area contributed by atoms with Gasteiger partial charge in [-0.1, -0.05) is 20.8 Å². The molecule has 1 aliphatic rings. The number of hydrogen-bond donors (Lipinski definition) is 0. The van der Waals surface area contributed by atoms with Crippen molar-refractivity contribution in [3.8, 4) is 0 Å². The van der Waals surface area contributed by atoms with Gasteiger partial charge in [-0.15, -0.1) is 11.3 Å². The number of rotatable bonds is 1. The van der Waals surface area contributed by atoms with Crippen LogP contribution in [0.15, 0.2) is 3.79 Å². The van der Waals surface area contributed by atoms with Crippen LogP contribution in [0.25, 0.3) is 0 Å². The predicted molar refractivity (Wildman–Crippen MR) is 60.5 cm³/mol. The fraction of sp³-hybridized carbons (Fsp3) is 0.700. The lowest BCUT2D eigenvalue weighted by molar-refractivity contribution is 0.583. The van der Waals surface area contributed by atoms with Gasteiger partial charge >= 0.3 is 0 Å². The van der Waals surface area contributed by atoms with E-state index in [1.165, 1.54) is 27.3 Å². The van der Waals surface area contributed by atoms with Crippen LogP contribution in [-0.2, 0) is 5.41 Å². The van der Waals surface area contributed by atoms with Gasteiger partial charge in [0.05, 0.1) is 14.5 Å². The Morgan fingerprint density at radius 3 is 2.38 bits per heavy atom. The standard InChI is InChI=1S/C10H14BrNS/c1-10(2,3)9-12-7(6-4-5-6)8(11)13-9/h6H,4-5H2,1-3H3. The Morgan fingerprint density at radius 2 is 2.00 bits per heavy atom. The van der Waals surface area contributed by atoms with E-state index in [9.17, 15) is 0 Å². The first-order valence-electron chi connectivity index (χ1n) is 4.65. The van der Waals surface area contributed by atoms with Crippen molar-refractivity contribution < 1.29 is 0 Å². The number of aromatic nitrogens is 1. The summed E-state index contributed by atoms with van der Waals surface area (Å²) in [5.74, 6) is 0.752. The third-order valence-electron chi connectivity index (χ3n) is 2.22. The number of nitrogens with zero attached hydrogens (tertiary/aromatic N) is 1. The van der Waals surface area contributed by atoms with E-state index >= 15 is 0 Å². The lowest BCUT2D eigenvalue weighted by Gasteiger charge is -2.13. The average Bonchev–Trinajstić information content (AvgIpc) is 2.73. The van der Waals surface area contributed by atoms with Gasteiger partial charge in [0.25, 0.3) is 0 Å². The lowest BCUT2D eigenvalue weighted by Crippen LogP contribution is -2.10. The monoisotopic (exact) mass is 259 g/mol. The molecule has 1 aliphatic carbocycles. The van der Waals surface area contributed by atoms with Gasteiger partial charge in [-0.3, -0.25) is 0 Å². The molecule has 2 rings (SSSR count). The first kappa shape index (κ1) is 9.66. The fourth-order valence-corrected chi connectivity index (χ4v) is 3.05. The zero-order valence-corrected chi connectivity index (χ0v) is 10.6. The molecule has 0 aromatic carbocycles. The normalized spacial score (nSPS) is 17.8. The molecule has 0 N–H and O–H groups in total. The largest absolute Gasteiger partial charge is 0.244 e. The Hall–Kier alpha value is 0.110. The summed E-state index contributed by atoms with van der Waals surface area (Å²) in [6.07, 6.45) is 2.65. The molecule has 1 saturated carbocycles. The Morgan fingerprint density at radius 1 is 1.38 bits per heavy atom. The second-order valence-electron chi connectivity index (χ2n) is 4.70. The van der Waals surface area contributed by atoms with Crippen molar-refractivity contribution in [3.05, 3.63) is 14.5 Å². The summed E-state index contributed by atoms with van der Waals surface area (Å²) in [5.41, 5.74) is 1.50. The molecule has 0 aliphatic heterocycles. The maximum Gasteiger partial charge on any atom is 0.0993 e. The molecule has 1 aromatic heterocycles. The van der Waals surface area contributed by atoms with E-state index in [4.69, 9.17) is 4.98 Å². The smallest absolute Gasteiger partial charge is 0.0993 e. The first-order chi connectivity index (χ1) is 5.98. The topological polar surface area (TPSA) is 12.9 Å². The van der Waals surface area contributed by atoms with Crippen molar-refractivity contribution in [1.82, 2.24) is 4.98 Å². The highest BCUT2D eigenvalue weighted by Crippen LogP contribution is 2.46. The molecule has 13 heavy (non-hydrogen) atoms. The third-order valence-corrected chi connectivity index (χ3v) is 4.39. The molecule has 0 radical (unpaired) electrons. The molecule has 1 heterocycles. The number of thiazole rings is 1. The minimum Gasteiger partial charge on any atom is -0.244 e. The maximum atomic E-state index is 4.71. The second kappa shape index (κ2) is 3.06. The summed E-state index contributed by atoms with van der Waals surface area (Å²) in [5, 5.41) is 1.25. The molecular weight excluding hydrogens is 246 g/mol. The minimum absolute atomic E-state index is 0.195. The first-order valence-corrected chi connectivity index (χ1v) is 6.26. The van der Waals surface area contributed by atoms with Gasteiger partial charge in [0.15, 0.2) is 0 Å². The molecule has 0 saturated heterocycles. The molecule has 0 unspecified atom stereocenters. The van der Waals surface area contributed by atoms with Gasteiger partial charge in [-0.05, 0) is 28.8 Å². The van der Waals surface area contributed by atoms with E-state index in [1.807, 2.05) is 0 Å². The lowest BCUT2D eigenvalue weighted by atomic mass is 9.98. The molecule has 1 fully saturated rings. The fourth-order valence-electron chi connectivity index (χ4n) is 1.24. The number of hydrogen-bond acceptors (Lipinski definition) is 2. The van der Waals surface area contributed by atoms with Crippen LogP contribution in [0.2, 0.25) is 0 Å². The van der Waals surface area contributed by atoms with Gasteiger partial charge < -0.3 is 0 Å². The van der Waals surface area contributed by atoms with Crippen LogP contribution in [0.5, 0.6) is 0 Å². The van der Waals surface area contributed by atoms with Gasteiger partial charge in [0.2, 0.25) is 0 Å². The molecule has 0 amide bonds. The summed E-state index contributed by atoms with van der Waals surface area (Å²) in [4.78, 5) is 4.71. The highest BCUT2D eigenvalue weighted by Gasteiger charge is 2.30. The third kappa shape index (κ3) is 1.96. The van der Waals surface area contributed by atoms with E-state index in [0.29, 0.717) is 0 Å². The van der Waals surface area contributed by atoms with Crippen molar-refractivity contribution in [2.24, 2.45) is 0 Å². The van der Waals surface area contributed by atoms with Crippen LogP contribution in [0.4, 0.5) is 0 Å². The molecular formula is C10H14BrNS. The van der Waals surface area contributed by atoms with Gasteiger partial charge in [0.1, 0.15) is 0 Å². The van der Waals surface area contributed by atoms with E-state index in [2.05, 4.69) is 36.7 Å². The molecule has 3 heteroatoms. The van der Waals surface area contributed by atoms with Crippen molar-refractivity contribution in [3.63, 3.8) is 0 Å². The van der Waals surface area contributed by atoms with E-state index < -0.39 is 0 Å². The second-order valence-corrected chi connectivity index (χ2v) is 7.02. The SMILES string of the molecule is CC(C)(C)c1nc(C2CC2)c(Br)s1. The van der Waals surface area contributed by atoms with Crippen LogP contribution in [0.1, 0.15) is 50.2 Å². The van der Waals surface area contributed by atoms with Crippen LogP contribution >= 0.6 is 27.3 Å². The highest BCUT2D eigenvalue weighted by molar-refractivity contribution is 9.11. The van der Waals surface area contributed by atoms with Gasteiger partial charge in [0, 0.05) is 11.3 Å². The summed E-state index contributed by atoms with van der Waals surface area (Å²) >= 11 is 5.40. The zero-order chi connectivity index (χ0) is 9.64. The summed E-state index contributed by atoms with van der Waals surface area (Å²) in [6, 6.07) is 0. The van der Waals surface area contributed by atoms with Crippen molar-refractivity contribution in [2.45, 2.75) is 44.9 Å². The van der Waals surface area contributed by atoms with E-state index in [-0.39, 0.29) is 5.41 Å². The molecule has 1 nitrogen and oxygen atoms in total. The van der Waals surface area contributed by atoms with Crippen LogP contribution < -0.4 is 0 Å². The minimum atomic E-state index is 0.195. The average molecular weight is 260 g/mol. The predicted octanol–water partition coefficient (Wildman–Crippen LogP) is 4.08. The molecule has 1 aromatic rings. The van der Waals surface area contributed by atoms with Crippen LogP contribution in [0.3, 0.4) is 0 Å². The summed E-state index contributed by atoms with van der Waals surface area (Å²) in [7, 11) is 0. The molecule has 0 bridgehead atoms. The zero-order valence-electron chi connectivity index (χ0n) is 8.22. The Balaban J connectivity index is 2.34. The van der Waals surface area contributed by atoms with Crippen LogP contribution in [0, 0.1) is 0 Å². The van der Waals surface area contributed by atoms with Gasteiger partial charge in [-0.2, -0.15) is 0 Å². The van der Waals surface area contributed by atoms with Gasteiger partial charge in [-0.25, -0.2) is 4.98 Å². The van der Waals surface area contributed by atoms with Crippen molar-refractivity contribution >= 4 is 27.3 Å². The maximum absolute atomic E-state index is 4.71. The number of halogens is 1. The Kier molecular flexibility index (Phi) is 2.27. The quantitative estimate of drug-likeness (QED) is 0.741. The molecule has 0 spiro atoms. The van der Waals surface area contributed by atoms with Crippen molar-refractivity contribution in [2.75, 3.05) is 0 Å². The summed E-state index contributed by atoms with van der Waals surface area (Å²) in [6.45, 7) is 6.65. The highest BCUT2D eigenvalue weighted by atomic mass is 79.9. The Bertz CT molecular complexity index is 320.